The Hall–Kier alpha value is -3.50. The lowest BCUT2D eigenvalue weighted by Crippen LogP contribution is -2.41. The first kappa shape index (κ1) is 21.4. The predicted octanol–water partition coefficient (Wildman–Crippen LogP) is 1.93. The SMILES string of the molecule is O=C1NCCC1c1nc(N2CCC(C(=O)N3N=CC[C@H]3c3cncc(F)c3)CC2)ncc1F. The van der Waals surface area contributed by atoms with E-state index in [2.05, 4.69) is 25.4 Å². The number of rotatable bonds is 4. The molecule has 0 radical (unpaired) electrons. The van der Waals surface area contributed by atoms with E-state index in [1.807, 2.05) is 4.90 Å². The van der Waals surface area contributed by atoms with E-state index in [-0.39, 0.29) is 29.5 Å². The third-order valence-electron chi connectivity index (χ3n) is 6.43. The smallest absolute Gasteiger partial charge is 0.246 e. The van der Waals surface area contributed by atoms with Crippen molar-refractivity contribution in [3.63, 3.8) is 0 Å². The molecule has 0 spiro atoms. The Bertz CT molecular complexity index is 1100. The molecule has 2 fully saturated rings. The first-order valence-electron chi connectivity index (χ1n) is 11.0. The minimum absolute atomic E-state index is 0.110. The number of pyridine rings is 1. The fraction of sp³-hybridized carbons (Fsp3) is 0.455. The molecule has 2 aromatic rings. The second-order valence-corrected chi connectivity index (χ2v) is 8.47. The molecule has 3 aliphatic heterocycles. The molecule has 2 saturated heterocycles. The molecular formula is C22H23F2N7O2. The monoisotopic (exact) mass is 455 g/mol. The van der Waals surface area contributed by atoms with Crippen LogP contribution in [0.1, 0.15) is 48.9 Å². The van der Waals surface area contributed by atoms with Gasteiger partial charge < -0.3 is 10.2 Å². The molecular weight excluding hydrogens is 432 g/mol. The van der Waals surface area contributed by atoms with Crippen LogP contribution in [0, 0.1) is 17.6 Å². The zero-order valence-corrected chi connectivity index (χ0v) is 17.8. The van der Waals surface area contributed by atoms with Crippen molar-refractivity contribution >= 4 is 24.0 Å². The second-order valence-electron chi connectivity index (χ2n) is 8.47. The van der Waals surface area contributed by atoms with Gasteiger partial charge in [-0.2, -0.15) is 5.10 Å². The Morgan fingerprint density at radius 2 is 1.94 bits per heavy atom. The summed E-state index contributed by atoms with van der Waals surface area (Å²) in [6.07, 6.45) is 7.57. The molecule has 0 aromatic carbocycles. The number of carbonyl (C=O) groups is 2. The van der Waals surface area contributed by atoms with Crippen LogP contribution in [-0.4, -0.2) is 57.6 Å². The summed E-state index contributed by atoms with van der Waals surface area (Å²) in [5, 5.41) is 8.37. The summed E-state index contributed by atoms with van der Waals surface area (Å²) in [4.78, 5) is 39.4. The third-order valence-corrected chi connectivity index (χ3v) is 6.43. The number of hydrogen-bond donors (Lipinski definition) is 1. The lowest BCUT2D eigenvalue weighted by Gasteiger charge is -2.34. The molecule has 2 aromatic heterocycles. The summed E-state index contributed by atoms with van der Waals surface area (Å²) in [5.41, 5.74) is 0.729. The van der Waals surface area contributed by atoms with Crippen LogP contribution >= 0.6 is 0 Å². The largest absolute Gasteiger partial charge is 0.355 e. The molecule has 1 unspecified atom stereocenters. The normalized spacial score (nSPS) is 23.3. The quantitative estimate of drug-likeness (QED) is 0.756. The number of nitrogens with one attached hydrogen (secondary N) is 1. The number of halogens is 2. The predicted molar refractivity (Wildman–Crippen MR) is 114 cm³/mol. The van der Waals surface area contributed by atoms with Crippen LogP contribution in [0.5, 0.6) is 0 Å². The average Bonchev–Trinajstić information content (AvgIpc) is 3.48. The third kappa shape index (κ3) is 4.14. The number of anilines is 1. The summed E-state index contributed by atoms with van der Waals surface area (Å²) in [6.45, 7) is 1.53. The molecule has 1 N–H and O–H groups in total. The van der Waals surface area contributed by atoms with E-state index >= 15 is 0 Å². The number of piperidine rings is 1. The highest BCUT2D eigenvalue weighted by Gasteiger charge is 2.36. The first-order valence-corrected chi connectivity index (χ1v) is 11.0. The number of nitrogens with zero attached hydrogens (tertiary/aromatic N) is 6. The van der Waals surface area contributed by atoms with Crippen LogP contribution in [0.3, 0.4) is 0 Å². The maximum absolute atomic E-state index is 14.3. The van der Waals surface area contributed by atoms with Gasteiger partial charge in [0, 0.05) is 44.4 Å². The Kier molecular flexibility index (Phi) is 5.69. The van der Waals surface area contributed by atoms with Gasteiger partial charge in [-0.25, -0.2) is 23.8 Å². The van der Waals surface area contributed by atoms with Crippen LogP contribution in [-0.2, 0) is 9.59 Å². The minimum atomic E-state index is -0.604. The zero-order valence-electron chi connectivity index (χ0n) is 17.8. The molecule has 2 atom stereocenters. The van der Waals surface area contributed by atoms with Crippen LogP contribution in [0.25, 0.3) is 0 Å². The van der Waals surface area contributed by atoms with Gasteiger partial charge in [0.25, 0.3) is 0 Å². The second kappa shape index (κ2) is 8.80. The van der Waals surface area contributed by atoms with E-state index in [0.29, 0.717) is 56.8 Å². The average molecular weight is 455 g/mol. The van der Waals surface area contributed by atoms with Crippen molar-refractivity contribution in [3.05, 3.63) is 47.5 Å². The van der Waals surface area contributed by atoms with Crippen molar-refractivity contribution in [2.24, 2.45) is 11.0 Å². The summed E-state index contributed by atoms with van der Waals surface area (Å²) >= 11 is 0. The minimum Gasteiger partial charge on any atom is -0.355 e. The van der Waals surface area contributed by atoms with Crippen molar-refractivity contribution in [2.45, 2.75) is 37.6 Å². The first-order chi connectivity index (χ1) is 16.0. The molecule has 5 heterocycles. The summed E-state index contributed by atoms with van der Waals surface area (Å²) in [6, 6.07) is 1.02. The van der Waals surface area contributed by atoms with E-state index in [4.69, 9.17) is 0 Å². The van der Waals surface area contributed by atoms with Crippen molar-refractivity contribution in [1.29, 1.82) is 0 Å². The molecule has 172 valence electrons. The fourth-order valence-electron chi connectivity index (χ4n) is 4.65. The van der Waals surface area contributed by atoms with Gasteiger partial charge in [0.05, 0.1) is 30.0 Å². The van der Waals surface area contributed by atoms with Gasteiger partial charge in [0.15, 0.2) is 5.82 Å². The number of carbonyl (C=O) groups excluding carboxylic acids is 2. The fourth-order valence-corrected chi connectivity index (χ4v) is 4.65. The van der Waals surface area contributed by atoms with Crippen molar-refractivity contribution < 1.29 is 18.4 Å². The van der Waals surface area contributed by atoms with Gasteiger partial charge in [0.2, 0.25) is 17.8 Å². The van der Waals surface area contributed by atoms with E-state index < -0.39 is 17.6 Å². The molecule has 11 heteroatoms. The molecule has 0 bridgehead atoms. The molecule has 9 nitrogen and oxygen atoms in total. The summed E-state index contributed by atoms with van der Waals surface area (Å²) in [5.74, 6) is -1.86. The lowest BCUT2D eigenvalue weighted by molar-refractivity contribution is -0.138. The molecule has 0 saturated carbocycles. The number of hydrazone groups is 1. The molecule has 3 aliphatic rings. The van der Waals surface area contributed by atoms with E-state index in [1.54, 1.807) is 12.4 Å². The van der Waals surface area contributed by atoms with Crippen LogP contribution in [0.2, 0.25) is 0 Å². The summed E-state index contributed by atoms with van der Waals surface area (Å²) < 4.78 is 27.9. The van der Waals surface area contributed by atoms with Gasteiger partial charge >= 0.3 is 0 Å². The standard InChI is InChI=1S/C22H23F2N7O2/c23-15-9-14(10-25-11-15)18-2-6-28-31(18)21(33)13-3-7-30(8-4-13)22-27-12-17(24)19(29-22)16-1-5-26-20(16)32/h6,9-13,16,18H,1-5,7-8H2,(H,26,32)/t16?,18-/m0/s1. The Morgan fingerprint density at radius 3 is 2.67 bits per heavy atom. The van der Waals surface area contributed by atoms with Crippen molar-refractivity contribution in [2.75, 3.05) is 24.5 Å². The van der Waals surface area contributed by atoms with Crippen molar-refractivity contribution in [3.8, 4) is 0 Å². The van der Waals surface area contributed by atoms with Gasteiger partial charge in [0.1, 0.15) is 5.82 Å². The van der Waals surface area contributed by atoms with Gasteiger partial charge in [-0.05, 0) is 30.9 Å². The lowest BCUT2D eigenvalue weighted by atomic mass is 9.94. The van der Waals surface area contributed by atoms with E-state index in [0.717, 1.165) is 12.4 Å². The highest BCUT2D eigenvalue weighted by atomic mass is 19.1. The van der Waals surface area contributed by atoms with Gasteiger partial charge in [-0.15, -0.1) is 0 Å². The molecule has 0 aliphatic carbocycles. The Morgan fingerprint density at radius 1 is 1.12 bits per heavy atom. The number of amides is 2. The highest BCUT2D eigenvalue weighted by molar-refractivity contribution is 5.85. The van der Waals surface area contributed by atoms with Gasteiger partial charge in [-0.1, -0.05) is 0 Å². The Labute approximate surface area is 188 Å². The summed E-state index contributed by atoms with van der Waals surface area (Å²) in [7, 11) is 0. The molecule has 2 amide bonds. The number of hydrogen-bond acceptors (Lipinski definition) is 7. The van der Waals surface area contributed by atoms with Crippen LogP contribution in [0.4, 0.5) is 14.7 Å². The topological polar surface area (TPSA) is 104 Å². The number of aromatic nitrogens is 3. The van der Waals surface area contributed by atoms with Crippen LogP contribution in [0.15, 0.2) is 29.8 Å². The highest BCUT2D eigenvalue weighted by Crippen LogP contribution is 2.32. The van der Waals surface area contributed by atoms with Crippen LogP contribution < -0.4 is 10.2 Å². The maximum atomic E-state index is 14.3. The van der Waals surface area contributed by atoms with E-state index in [1.165, 1.54) is 11.1 Å². The molecule has 33 heavy (non-hydrogen) atoms. The van der Waals surface area contributed by atoms with Crippen molar-refractivity contribution in [1.82, 2.24) is 25.3 Å². The maximum Gasteiger partial charge on any atom is 0.246 e. The molecule has 5 rings (SSSR count). The van der Waals surface area contributed by atoms with E-state index in [9.17, 15) is 18.4 Å². The zero-order chi connectivity index (χ0) is 22.9. The Balaban J connectivity index is 1.25. The van der Waals surface area contributed by atoms with Gasteiger partial charge in [-0.3, -0.25) is 14.6 Å².